The SMILES string of the molecule is COc1ccc(CN2CCN(C(=O)Cc3ccccc3C)CC2)c(Br)c1OC. The highest BCUT2D eigenvalue weighted by atomic mass is 79.9. The van der Waals surface area contributed by atoms with E-state index in [1.54, 1.807) is 14.2 Å². The van der Waals surface area contributed by atoms with Crippen LogP contribution in [0.25, 0.3) is 0 Å². The van der Waals surface area contributed by atoms with Crippen molar-refractivity contribution >= 4 is 21.8 Å². The molecule has 1 fully saturated rings. The van der Waals surface area contributed by atoms with E-state index in [4.69, 9.17) is 9.47 Å². The number of amides is 1. The van der Waals surface area contributed by atoms with E-state index in [1.807, 2.05) is 29.2 Å². The van der Waals surface area contributed by atoms with Crippen molar-refractivity contribution in [3.8, 4) is 11.5 Å². The van der Waals surface area contributed by atoms with Crippen molar-refractivity contribution in [3.63, 3.8) is 0 Å². The summed E-state index contributed by atoms with van der Waals surface area (Å²) < 4.78 is 11.7. The second kappa shape index (κ2) is 9.43. The molecule has 0 spiro atoms. The number of rotatable bonds is 6. The van der Waals surface area contributed by atoms with Gasteiger partial charge in [-0.1, -0.05) is 30.3 Å². The number of aryl methyl sites for hydroxylation is 1. The number of methoxy groups -OCH3 is 2. The van der Waals surface area contributed by atoms with E-state index in [2.05, 4.69) is 39.9 Å². The molecule has 6 heteroatoms. The molecule has 150 valence electrons. The Balaban J connectivity index is 1.57. The lowest BCUT2D eigenvalue weighted by atomic mass is 10.1. The molecule has 1 aliphatic rings. The van der Waals surface area contributed by atoms with Gasteiger partial charge in [0, 0.05) is 32.7 Å². The Kier molecular flexibility index (Phi) is 6.97. The van der Waals surface area contributed by atoms with Crippen LogP contribution in [0.15, 0.2) is 40.9 Å². The van der Waals surface area contributed by atoms with Crippen LogP contribution in [0.2, 0.25) is 0 Å². The van der Waals surface area contributed by atoms with Crippen LogP contribution in [0, 0.1) is 6.92 Å². The van der Waals surface area contributed by atoms with E-state index >= 15 is 0 Å². The van der Waals surface area contributed by atoms with Crippen molar-refractivity contribution in [2.45, 2.75) is 19.9 Å². The Morgan fingerprint density at radius 2 is 1.71 bits per heavy atom. The zero-order valence-corrected chi connectivity index (χ0v) is 18.3. The fourth-order valence-electron chi connectivity index (χ4n) is 3.53. The Morgan fingerprint density at radius 3 is 2.36 bits per heavy atom. The molecule has 2 aromatic rings. The van der Waals surface area contributed by atoms with Gasteiger partial charge in [0.1, 0.15) is 0 Å². The van der Waals surface area contributed by atoms with Crippen LogP contribution in [0.4, 0.5) is 0 Å². The van der Waals surface area contributed by atoms with Gasteiger partial charge in [0.05, 0.1) is 25.1 Å². The predicted octanol–water partition coefficient (Wildman–Crippen LogP) is 3.66. The van der Waals surface area contributed by atoms with Gasteiger partial charge in [-0.2, -0.15) is 0 Å². The molecule has 1 heterocycles. The molecule has 0 bridgehead atoms. The highest BCUT2D eigenvalue weighted by molar-refractivity contribution is 9.10. The average Bonchev–Trinajstić information content (AvgIpc) is 2.71. The van der Waals surface area contributed by atoms with Gasteiger partial charge in [-0.15, -0.1) is 0 Å². The summed E-state index contributed by atoms with van der Waals surface area (Å²) in [5.74, 6) is 1.64. The van der Waals surface area contributed by atoms with E-state index < -0.39 is 0 Å². The van der Waals surface area contributed by atoms with Crippen molar-refractivity contribution in [2.75, 3.05) is 40.4 Å². The van der Waals surface area contributed by atoms with Crippen molar-refractivity contribution in [1.82, 2.24) is 9.80 Å². The van der Waals surface area contributed by atoms with Gasteiger partial charge in [-0.05, 0) is 45.6 Å². The van der Waals surface area contributed by atoms with E-state index in [0.29, 0.717) is 17.9 Å². The van der Waals surface area contributed by atoms with Crippen LogP contribution in [-0.4, -0.2) is 56.1 Å². The fraction of sp³-hybridized carbons (Fsp3) is 0.409. The van der Waals surface area contributed by atoms with Crippen LogP contribution in [-0.2, 0) is 17.8 Å². The zero-order valence-electron chi connectivity index (χ0n) is 16.7. The molecule has 0 N–H and O–H groups in total. The largest absolute Gasteiger partial charge is 0.493 e. The van der Waals surface area contributed by atoms with Gasteiger partial charge in [0.15, 0.2) is 11.5 Å². The first-order chi connectivity index (χ1) is 13.5. The van der Waals surface area contributed by atoms with Crippen molar-refractivity contribution in [3.05, 3.63) is 57.6 Å². The molecule has 0 radical (unpaired) electrons. The summed E-state index contributed by atoms with van der Waals surface area (Å²) in [6.45, 7) is 6.11. The summed E-state index contributed by atoms with van der Waals surface area (Å²) in [6, 6.07) is 12.1. The summed E-state index contributed by atoms with van der Waals surface area (Å²) in [5.41, 5.74) is 3.44. The minimum atomic E-state index is 0.209. The molecule has 1 amide bonds. The van der Waals surface area contributed by atoms with Crippen LogP contribution in [0.5, 0.6) is 11.5 Å². The molecule has 1 saturated heterocycles. The highest BCUT2D eigenvalue weighted by Crippen LogP contribution is 2.38. The lowest BCUT2D eigenvalue weighted by Gasteiger charge is -2.35. The summed E-state index contributed by atoms with van der Waals surface area (Å²) in [5, 5.41) is 0. The minimum absolute atomic E-state index is 0.209. The van der Waals surface area contributed by atoms with Gasteiger partial charge in [0.25, 0.3) is 0 Å². The van der Waals surface area contributed by atoms with Crippen molar-refractivity contribution < 1.29 is 14.3 Å². The van der Waals surface area contributed by atoms with E-state index in [1.165, 1.54) is 5.56 Å². The molecule has 5 nitrogen and oxygen atoms in total. The maximum Gasteiger partial charge on any atom is 0.227 e. The Labute approximate surface area is 175 Å². The van der Waals surface area contributed by atoms with Gasteiger partial charge < -0.3 is 14.4 Å². The number of carbonyl (C=O) groups is 1. The van der Waals surface area contributed by atoms with Crippen LogP contribution >= 0.6 is 15.9 Å². The van der Waals surface area contributed by atoms with Crippen molar-refractivity contribution in [2.24, 2.45) is 0 Å². The summed E-state index contributed by atoms with van der Waals surface area (Å²) >= 11 is 3.64. The molecule has 0 aromatic heterocycles. The number of halogens is 1. The second-order valence-electron chi connectivity index (χ2n) is 7.03. The molecule has 28 heavy (non-hydrogen) atoms. The molecular weight excluding hydrogens is 420 g/mol. The molecule has 1 aliphatic heterocycles. The number of hydrogen-bond acceptors (Lipinski definition) is 4. The lowest BCUT2D eigenvalue weighted by molar-refractivity contribution is -0.132. The summed E-state index contributed by atoms with van der Waals surface area (Å²) in [6.07, 6.45) is 0.480. The van der Waals surface area contributed by atoms with Gasteiger partial charge in [-0.3, -0.25) is 9.69 Å². The number of carbonyl (C=O) groups excluding carboxylic acids is 1. The smallest absolute Gasteiger partial charge is 0.227 e. The van der Waals surface area contributed by atoms with Crippen LogP contribution in [0.1, 0.15) is 16.7 Å². The normalized spacial score (nSPS) is 14.8. The molecule has 3 rings (SSSR count). The van der Waals surface area contributed by atoms with Gasteiger partial charge >= 0.3 is 0 Å². The predicted molar refractivity (Wildman–Crippen MR) is 114 cm³/mol. The molecule has 0 aliphatic carbocycles. The molecule has 0 unspecified atom stereocenters. The molecule has 0 saturated carbocycles. The van der Waals surface area contributed by atoms with Crippen LogP contribution < -0.4 is 9.47 Å². The second-order valence-corrected chi connectivity index (χ2v) is 7.83. The first-order valence-electron chi connectivity index (χ1n) is 9.47. The van der Waals surface area contributed by atoms with Gasteiger partial charge in [-0.25, -0.2) is 0 Å². The zero-order chi connectivity index (χ0) is 20.1. The lowest BCUT2D eigenvalue weighted by Crippen LogP contribution is -2.48. The Bertz CT molecular complexity index is 833. The van der Waals surface area contributed by atoms with E-state index in [-0.39, 0.29) is 5.91 Å². The summed E-state index contributed by atoms with van der Waals surface area (Å²) in [7, 11) is 3.28. The first kappa shape index (κ1) is 20.7. The summed E-state index contributed by atoms with van der Waals surface area (Å²) in [4.78, 5) is 17.0. The standard InChI is InChI=1S/C22H27BrN2O3/c1-16-6-4-5-7-17(16)14-20(26)25-12-10-24(11-13-25)15-18-8-9-19(27-2)22(28-3)21(18)23/h4-9H,10-15H2,1-3H3. The van der Waals surface area contributed by atoms with Crippen LogP contribution in [0.3, 0.4) is 0 Å². The number of hydrogen-bond donors (Lipinski definition) is 0. The maximum absolute atomic E-state index is 12.7. The number of nitrogens with zero attached hydrogens (tertiary/aromatic N) is 2. The topological polar surface area (TPSA) is 42.0 Å². The number of benzene rings is 2. The average molecular weight is 447 g/mol. The monoisotopic (exact) mass is 446 g/mol. The Morgan fingerprint density at radius 1 is 1.00 bits per heavy atom. The van der Waals surface area contributed by atoms with E-state index in [9.17, 15) is 4.79 Å². The first-order valence-corrected chi connectivity index (χ1v) is 10.3. The van der Waals surface area contributed by atoms with Crippen molar-refractivity contribution in [1.29, 1.82) is 0 Å². The molecular formula is C22H27BrN2O3. The number of ether oxygens (including phenoxy) is 2. The molecule has 2 aromatic carbocycles. The minimum Gasteiger partial charge on any atom is -0.493 e. The fourth-order valence-corrected chi connectivity index (χ4v) is 4.15. The van der Waals surface area contributed by atoms with E-state index in [0.717, 1.165) is 48.3 Å². The van der Waals surface area contributed by atoms with Gasteiger partial charge in [0.2, 0.25) is 5.91 Å². The number of piperazine rings is 1. The maximum atomic E-state index is 12.7. The third-order valence-corrected chi connectivity index (χ3v) is 6.16. The third kappa shape index (κ3) is 4.67. The molecule has 0 atom stereocenters. The Hall–Kier alpha value is -2.05. The quantitative estimate of drug-likeness (QED) is 0.678. The highest BCUT2D eigenvalue weighted by Gasteiger charge is 2.23. The third-order valence-electron chi connectivity index (χ3n) is 5.29.